The molecular formula is C26H27N5O5S. The summed E-state index contributed by atoms with van der Waals surface area (Å²) in [6.07, 6.45) is 0. The topological polar surface area (TPSA) is 123 Å². The fourth-order valence-electron chi connectivity index (χ4n) is 3.70. The van der Waals surface area contributed by atoms with E-state index in [-0.39, 0.29) is 11.6 Å². The summed E-state index contributed by atoms with van der Waals surface area (Å²) in [6.45, 7) is 4.06. The van der Waals surface area contributed by atoms with Gasteiger partial charge in [0, 0.05) is 11.6 Å². The van der Waals surface area contributed by atoms with Gasteiger partial charge in [0.15, 0.2) is 11.1 Å². The van der Waals surface area contributed by atoms with Gasteiger partial charge < -0.3 is 18.8 Å². The maximum absolute atomic E-state index is 13.4. The van der Waals surface area contributed by atoms with Crippen LogP contribution in [0.5, 0.6) is 17.4 Å². The molecule has 0 bridgehead atoms. The maximum atomic E-state index is 13.4. The molecule has 0 spiro atoms. The van der Waals surface area contributed by atoms with Gasteiger partial charge in [-0.15, -0.1) is 10.2 Å². The highest BCUT2D eigenvalue weighted by Crippen LogP contribution is 2.36. The summed E-state index contributed by atoms with van der Waals surface area (Å²) < 4.78 is 33.8. The van der Waals surface area contributed by atoms with E-state index in [4.69, 9.17) is 14.2 Å². The van der Waals surface area contributed by atoms with Gasteiger partial charge in [-0.25, -0.2) is 4.98 Å². The largest absolute Gasteiger partial charge is 0.593 e. The van der Waals surface area contributed by atoms with Gasteiger partial charge in [0.1, 0.15) is 22.9 Å². The number of hydrogen-bond donors (Lipinski definition) is 1. The highest BCUT2D eigenvalue weighted by Gasteiger charge is 2.30. The van der Waals surface area contributed by atoms with Crippen molar-refractivity contribution in [3.05, 3.63) is 78.1 Å². The van der Waals surface area contributed by atoms with Crippen LogP contribution in [0.25, 0.3) is 17.2 Å². The van der Waals surface area contributed by atoms with Crippen molar-refractivity contribution in [2.24, 2.45) is 0 Å². The van der Waals surface area contributed by atoms with E-state index in [1.54, 1.807) is 43.3 Å². The minimum Gasteiger partial charge on any atom is -0.593 e. The van der Waals surface area contributed by atoms with Crippen molar-refractivity contribution in [1.29, 1.82) is 0 Å². The van der Waals surface area contributed by atoms with Crippen LogP contribution in [0, 0.1) is 0 Å². The van der Waals surface area contributed by atoms with E-state index in [0.29, 0.717) is 35.4 Å². The molecule has 0 aliphatic carbocycles. The SMILES string of the molecule is CCOc1cccc(-c2nnc(C(=O)N[S+]([O-])[C@@H](C)c3ccccc3)n2-c2c(OC)cccc2OC)n1. The maximum Gasteiger partial charge on any atom is 0.330 e. The van der Waals surface area contributed by atoms with E-state index in [1.807, 2.05) is 37.3 Å². The summed E-state index contributed by atoms with van der Waals surface area (Å²) in [5, 5.41) is 7.97. The summed E-state index contributed by atoms with van der Waals surface area (Å²) in [5.74, 6) is 0.661. The molecule has 1 N–H and O–H groups in total. The molecule has 0 aliphatic heterocycles. The van der Waals surface area contributed by atoms with Crippen molar-refractivity contribution in [2.45, 2.75) is 19.1 Å². The molecule has 1 unspecified atom stereocenters. The number of methoxy groups -OCH3 is 2. The predicted octanol–water partition coefficient (Wildman–Crippen LogP) is 3.90. The molecule has 37 heavy (non-hydrogen) atoms. The first-order chi connectivity index (χ1) is 18.0. The zero-order valence-corrected chi connectivity index (χ0v) is 21.7. The van der Waals surface area contributed by atoms with Crippen molar-refractivity contribution in [2.75, 3.05) is 20.8 Å². The third kappa shape index (κ3) is 5.52. The van der Waals surface area contributed by atoms with E-state index < -0.39 is 22.5 Å². The monoisotopic (exact) mass is 521 g/mol. The zero-order valence-electron chi connectivity index (χ0n) is 20.9. The van der Waals surface area contributed by atoms with E-state index in [1.165, 1.54) is 18.8 Å². The van der Waals surface area contributed by atoms with Crippen molar-refractivity contribution < 1.29 is 23.6 Å². The number of ether oxygens (including phenoxy) is 3. The van der Waals surface area contributed by atoms with Gasteiger partial charge in [-0.1, -0.05) is 42.5 Å². The Hall–Kier alpha value is -4.09. The number of para-hydroxylation sites is 1. The second kappa shape index (κ2) is 11.8. The number of amides is 1. The number of pyridine rings is 1. The Kier molecular flexibility index (Phi) is 8.26. The predicted molar refractivity (Wildman–Crippen MR) is 139 cm³/mol. The number of rotatable bonds is 10. The lowest BCUT2D eigenvalue weighted by atomic mass is 10.2. The molecule has 0 saturated heterocycles. The average Bonchev–Trinajstić information content (AvgIpc) is 3.38. The molecule has 4 aromatic rings. The Morgan fingerprint density at radius 1 is 1.00 bits per heavy atom. The standard InChI is InChI=1S/C26H27N5O5S/c1-5-36-22-16-9-13-19(27-22)24-28-29-25(31(24)23-20(34-3)14-10-15-21(23)35-4)26(32)30-37(33)17(2)18-11-7-6-8-12-18/h6-17H,5H2,1-4H3,(H,30,32)/t17-,37?/m0/s1. The van der Waals surface area contributed by atoms with Gasteiger partial charge in [0.2, 0.25) is 11.7 Å². The number of hydrogen-bond acceptors (Lipinski definition) is 8. The number of carbonyl (C=O) groups excluding carboxylic acids is 1. The molecule has 2 heterocycles. The molecule has 192 valence electrons. The third-order valence-electron chi connectivity index (χ3n) is 5.52. The lowest BCUT2D eigenvalue weighted by Gasteiger charge is -2.19. The molecule has 0 fully saturated rings. The summed E-state index contributed by atoms with van der Waals surface area (Å²) in [7, 11) is 3.01. The van der Waals surface area contributed by atoms with Crippen LogP contribution in [0.4, 0.5) is 0 Å². The molecule has 2 atom stereocenters. The first-order valence-electron chi connectivity index (χ1n) is 11.5. The third-order valence-corrected chi connectivity index (χ3v) is 6.82. The van der Waals surface area contributed by atoms with E-state index in [2.05, 4.69) is 19.9 Å². The van der Waals surface area contributed by atoms with Gasteiger partial charge in [0.05, 0.1) is 32.2 Å². The highest BCUT2D eigenvalue weighted by atomic mass is 32.2. The van der Waals surface area contributed by atoms with Gasteiger partial charge in [-0.3, -0.25) is 9.36 Å². The first kappa shape index (κ1) is 26.0. The molecule has 0 saturated carbocycles. The number of nitrogens with one attached hydrogen (secondary N) is 1. The smallest absolute Gasteiger partial charge is 0.330 e. The van der Waals surface area contributed by atoms with Crippen molar-refractivity contribution in [3.63, 3.8) is 0 Å². The van der Waals surface area contributed by atoms with Crippen LogP contribution in [0.3, 0.4) is 0 Å². The summed E-state index contributed by atoms with van der Waals surface area (Å²) >= 11 is -1.75. The molecule has 4 rings (SSSR count). The summed E-state index contributed by atoms with van der Waals surface area (Å²) in [5.41, 5.74) is 1.62. The average molecular weight is 522 g/mol. The number of nitrogens with zero attached hydrogens (tertiary/aromatic N) is 4. The lowest BCUT2D eigenvalue weighted by molar-refractivity contribution is 0.0968. The Balaban J connectivity index is 1.81. The Labute approximate surface area is 217 Å². The normalized spacial score (nSPS) is 12.5. The molecule has 0 radical (unpaired) electrons. The van der Waals surface area contributed by atoms with Crippen LogP contribution in [-0.2, 0) is 11.4 Å². The Bertz CT molecular complexity index is 1340. The second-order valence-electron chi connectivity index (χ2n) is 7.77. The van der Waals surface area contributed by atoms with Crippen molar-refractivity contribution >= 4 is 17.3 Å². The zero-order chi connectivity index (χ0) is 26.4. The van der Waals surface area contributed by atoms with Crippen LogP contribution < -0.4 is 18.9 Å². The lowest BCUT2D eigenvalue weighted by Crippen LogP contribution is -2.35. The van der Waals surface area contributed by atoms with Crippen molar-refractivity contribution in [1.82, 2.24) is 24.5 Å². The minimum absolute atomic E-state index is 0.116. The number of benzene rings is 2. The minimum atomic E-state index is -1.75. The van der Waals surface area contributed by atoms with Gasteiger partial charge in [0.25, 0.3) is 0 Å². The van der Waals surface area contributed by atoms with Crippen LogP contribution in [0.2, 0.25) is 0 Å². The molecule has 2 aromatic heterocycles. The first-order valence-corrected chi connectivity index (χ1v) is 12.7. The molecule has 11 heteroatoms. The number of carbonyl (C=O) groups is 1. The highest BCUT2D eigenvalue weighted by molar-refractivity contribution is 7.90. The van der Waals surface area contributed by atoms with Crippen LogP contribution >= 0.6 is 0 Å². The van der Waals surface area contributed by atoms with E-state index in [0.717, 1.165) is 5.56 Å². The molecule has 10 nitrogen and oxygen atoms in total. The fourth-order valence-corrected chi connectivity index (χ4v) is 4.56. The van der Waals surface area contributed by atoms with E-state index in [9.17, 15) is 9.35 Å². The molecule has 2 aromatic carbocycles. The van der Waals surface area contributed by atoms with Gasteiger partial charge in [-0.05, 0) is 32.0 Å². The second-order valence-corrected chi connectivity index (χ2v) is 9.28. The van der Waals surface area contributed by atoms with Gasteiger partial charge >= 0.3 is 5.91 Å². The Morgan fingerprint density at radius 3 is 2.32 bits per heavy atom. The van der Waals surface area contributed by atoms with Crippen LogP contribution in [0.15, 0.2) is 66.7 Å². The molecular weight excluding hydrogens is 494 g/mol. The van der Waals surface area contributed by atoms with E-state index >= 15 is 0 Å². The van der Waals surface area contributed by atoms with Crippen molar-refractivity contribution in [3.8, 4) is 34.6 Å². The van der Waals surface area contributed by atoms with Crippen LogP contribution in [-0.4, -0.2) is 51.0 Å². The number of aromatic nitrogens is 4. The Morgan fingerprint density at radius 2 is 1.68 bits per heavy atom. The quantitative estimate of drug-likeness (QED) is 0.312. The summed E-state index contributed by atoms with van der Waals surface area (Å²) in [6, 6.07) is 19.7. The van der Waals surface area contributed by atoms with Gasteiger partial charge in [-0.2, -0.15) is 4.72 Å². The summed E-state index contributed by atoms with van der Waals surface area (Å²) in [4.78, 5) is 18.0. The molecule has 1 amide bonds. The fraction of sp³-hybridized carbons (Fsp3) is 0.231. The molecule has 0 aliphatic rings. The van der Waals surface area contributed by atoms with Crippen LogP contribution in [0.1, 0.15) is 35.3 Å².